The molecular weight excluding hydrogens is 432 g/mol. The van der Waals surface area contributed by atoms with Gasteiger partial charge in [-0.25, -0.2) is 0 Å². The number of fused-ring (bicyclic) bond motifs is 1. The van der Waals surface area contributed by atoms with E-state index in [2.05, 4.69) is 54.7 Å². The Morgan fingerprint density at radius 3 is 2.49 bits per heavy atom. The van der Waals surface area contributed by atoms with E-state index in [1.807, 2.05) is 36.1 Å². The van der Waals surface area contributed by atoms with Crippen LogP contribution in [0, 0.1) is 6.92 Å². The first-order valence-electron chi connectivity index (χ1n) is 13.2. The minimum absolute atomic E-state index is 0.00874. The second-order valence-corrected chi connectivity index (χ2v) is 9.92. The lowest BCUT2D eigenvalue weighted by molar-refractivity contribution is -0.141. The molecule has 0 saturated heterocycles. The van der Waals surface area contributed by atoms with Gasteiger partial charge in [0.2, 0.25) is 11.8 Å². The van der Waals surface area contributed by atoms with Gasteiger partial charge in [-0.05, 0) is 54.5 Å². The van der Waals surface area contributed by atoms with Gasteiger partial charge in [-0.3, -0.25) is 9.59 Å². The normalized spacial score (nSPS) is 15.0. The maximum absolute atomic E-state index is 13.7. The van der Waals surface area contributed by atoms with Crippen molar-refractivity contribution in [3.63, 3.8) is 0 Å². The quantitative estimate of drug-likeness (QED) is 0.397. The summed E-state index contributed by atoms with van der Waals surface area (Å²) in [4.78, 5) is 28.9. The number of carbonyl (C=O) groups excluding carboxylic acids is 2. The molecule has 1 N–H and O–H groups in total. The highest BCUT2D eigenvalue weighted by Gasteiger charge is 2.30. The van der Waals surface area contributed by atoms with E-state index in [-0.39, 0.29) is 17.9 Å². The van der Waals surface area contributed by atoms with Crippen LogP contribution in [0.3, 0.4) is 0 Å². The molecule has 3 aromatic rings. The largest absolute Gasteiger partial charge is 0.352 e. The summed E-state index contributed by atoms with van der Waals surface area (Å²) >= 11 is 0. The van der Waals surface area contributed by atoms with Crippen LogP contribution in [-0.4, -0.2) is 28.8 Å². The molecule has 0 aromatic heterocycles. The first-order chi connectivity index (χ1) is 17.0. The number of rotatable bonds is 9. The molecule has 3 aromatic carbocycles. The fourth-order valence-electron chi connectivity index (χ4n) is 5.37. The SMILES string of the molecule is CC[C@@H](C(=O)NC1CCCCC1)N(Cc1cccc(C)c1)C(=O)CCc1cccc2ccccc12. The summed E-state index contributed by atoms with van der Waals surface area (Å²) in [5.74, 6) is 0.0237. The summed E-state index contributed by atoms with van der Waals surface area (Å²) in [5, 5.41) is 5.64. The van der Waals surface area contributed by atoms with Gasteiger partial charge in [-0.2, -0.15) is 0 Å². The Morgan fingerprint density at radius 2 is 1.71 bits per heavy atom. The maximum atomic E-state index is 13.7. The molecule has 4 rings (SSSR count). The van der Waals surface area contributed by atoms with E-state index in [0.29, 0.717) is 25.8 Å². The van der Waals surface area contributed by atoms with Crippen molar-refractivity contribution in [1.82, 2.24) is 10.2 Å². The summed E-state index contributed by atoms with van der Waals surface area (Å²) in [6.07, 6.45) is 7.29. The highest BCUT2D eigenvalue weighted by molar-refractivity contribution is 5.89. The summed E-state index contributed by atoms with van der Waals surface area (Å²) in [5.41, 5.74) is 3.39. The fourth-order valence-corrected chi connectivity index (χ4v) is 5.37. The molecule has 0 aliphatic heterocycles. The highest BCUT2D eigenvalue weighted by Crippen LogP contribution is 2.22. The molecule has 1 aliphatic carbocycles. The molecule has 1 aliphatic rings. The lowest BCUT2D eigenvalue weighted by atomic mass is 9.95. The predicted octanol–water partition coefficient (Wildman–Crippen LogP) is 6.34. The Kier molecular flexibility index (Phi) is 8.57. The fraction of sp³-hybridized carbons (Fsp3) is 0.419. The van der Waals surface area contributed by atoms with E-state index >= 15 is 0 Å². The summed E-state index contributed by atoms with van der Waals surface area (Å²) in [6.45, 7) is 4.52. The molecule has 0 unspecified atom stereocenters. The number of aryl methyl sites for hydroxylation is 2. The zero-order valence-corrected chi connectivity index (χ0v) is 21.1. The Balaban J connectivity index is 1.53. The third-order valence-electron chi connectivity index (χ3n) is 7.26. The lowest BCUT2D eigenvalue weighted by Gasteiger charge is -2.33. The third kappa shape index (κ3) is 6.50. The van der Waals surface area contributed by atoms with E-state index < -0.39 is 6.04 Å². The summed E-state index contributed by atoms with van der Waals surface area (Å²) < 4.78 is 0. The molecule has 0 spiro atoms. The minimum atomic E-state index is -0.461. The molecule has 184 valence electrons. The van der Waals surface area contributed by atoms with Crippen LogP contribution in [0.25, 0.3) is 10.8 Å². The van der Waals surface area contributed by atoms with Gasteiger partial charge in [-0.15, -0.1) is 0 Å². The Labute approximate surface area is 209 Å². The van der Waals surface area contributed by atoms with Crippen LogP contribution in [0.2, 0.25) is 0 Å². The first-order valence-corrected chi connectivity index (χ1v) is 13.2. The minimum Gasteiger partial charge on any atom is -0.352 e. The molecule has 4 heteroatoms. The molecule has 0 bridgehead atoms. The molecule has 0 heterocycles. The summed E-state index contributed by atoms with van der Waals surface area (Å²) in [7, 11) is 0. The predicted molar refractivity (Wildman–Crippen MR) is 143 cm³/mol. The molecular formula is C31H38N2O2. The topological polar surface area (TPSA) is 49.4 Å². The van der Waals surface area contributed by atoms with Gasteiger partial charge >= 0.3 is 0 Å². The van der Waals surface area contributed by atoms with Crippen molar-refractivity contribution in [1.29, 1.82) is 0 Å². The molecule has 0 radical (unpaired) electrons. The zero-order chi connectivity index (χ0) is 24.6. The monoisotopic (exact) mass is 470 g/mol. The van der Waals surface area contributed by atoms with Crippen LogP contribution in [-0.2, 0) is 22.6 Å². The first kappa shape index (κ1) is 25.0. The smallest absolute Gasteiger partial charge is 0.243 e. The van der Waals surface area contributed by atoms with Gasteiger partial charge in [0, 0.05) is 19.0 Å². The second kappa shape index (κ2) is 12.0. The second-order valence-electron chi connectivity index (χ2n) is 9.92. The molecule has 2 amide bonds. The van der Waals surface area contributed by atoms with Crippen LogP contribution in [0.4, 0.5) is 0 Å². The van der Waals surface area contributed by atoms with Crippen LogP contribution < -0.4 is 5.32 Å². The number of hydrogen-bond donors (Lipinski definition) is 1. The average Bonchev–Trinajstić information content (AvgIpc) is 2.87. The number of benzene rings is 3. The molecule has 35 heavy (non-hydrogen) atoms. The Morgan fingerprint density at radius 1 is 0.971 bits per heavy atom. The van der Waals surface area contributed by atoms with Gasteiger partial charge in [0.1, 0.15) is 6.04 Å². The molecule has 4 nitrogen and oxygen atoms in total. The van der Waals surface area contributed by atoms with Crippen LogP contribution >= 0.6 is 0 Å². The lowest BCUT2D eigenvalue weighted by Crippen LogP contribution is -2.51. The maximum Gasteiger partial charge on any atom is 0.243 e. The van der Waals surface area contributed by atoms with E-state index in [9.17, 15) is 9.59 Å². The van der Waals surface area contributed by atoms with Crippen molar-refractivity contribution in [3.05, 3.63) is 83.4 Å². The number of nitrogens with one attached hydrogen (secondary N) is 1. The Hall–Kier alpha value is -3.14. The highest BCUT2D eigenvalue weighted by atomic mass is 16.2. The van der Waals surface area contributed by atoms with E-state index in [1.165, 1.54) is 35.6 Å². The number of hydrogen-bond acceptors (Lipinski definition) is 2. The van der Waals surface area contributed by atoms with Crippen molar-refractivity contribution >= 4 is 22.6 Å². The summed E-state index contributed by atoms with van der Waals surface area (Å²) in [6, 6.07) is 22.6. The van der Waals surface area contributed by atoms with Gasteiger partial charge in [0.25, 0.3) is 0 Å². The zero-order valence-electron chi connectivity index (χ0n) is 21.1. The van der Waals surface area contributed by atoms with Crippen molar-refractivity contribution in [3.8, 4) is 0 Å². The number of nitrogens with zero attached hydrogens (tertiary/aromatic N) is 1. The molecule has 1 atom stereocenters. The van der Waals surface area contributed by atoms with Crippen molar-refractivity contribution in [2.24, 2.45) is 0 Å². The van der Waals surface area contributed by atoms with Gasteiger partial charge < -0.3 is 10.2 Å². The van der Waals surface area contributed by atoms with E-state index in [4.69, 9.17) is 0 Å². The van der Waals surface area contributed by atoms with Crippen molar-refractivity contribution in [2.45, 2.75) is 83.8 Å². The Bertz CT molecular complexity index is 1140. The van der Waals surface area contributed by atoms with Gasteiger partial charge in [-0.1, -0.05) is 98.5 Å². The molecule has 1 saturated carbocycles. The van der Waals surface area contributed by atoms with E-state index in [1.54, 1.807) is 0 Å². The van der Waals surface area contributed by atoms with Gasteiger partial charge in [0.15, 0.2) is 0 Å². The number of carbonyl (C=O) groups is 2. The molecule has 1 fully saturated rings. The third-order valence-corrected chi connectivity index (χ3v) is 7.26. The van der Waals surface area contributed by atoms with Crippen molar-refractivity contribution < 1.29 is 9.59 Å². The van der Waals surface area contributed by atoms with Crippen LogP contribution in [0.5, 0.6) is 0 Å². The van der Waals surface area contributed by atoms with Crippen LogP contribution in [0.15, 0.2) is 66.7 Å². The average molecular weight is 471 g/mol. The van der Waals surface area contributed by atoms with Crippen LogP contribution in [0.1, 0.15) is 68.6 Å². The van der Waals surface area contributed by atoms with Gasteiger partial charge in [0.05, 0.1) is 0 Å². The number of amides is 2. The van der Waals surface area contributed by atoms with E-state index in [0.717, 1.165) is 24.0 Å². The standard InChI is InChI=1S/C31H38N2O2/c1-3-29(31(35)32-27-16-5-4-6-17-27)33(22-24-12-9-11-23(2)21-24)30(34)20-19-26-15-10-14-25-13-7-8-18-28(25)26/h7-15,18,21,27,29H,3-6,16-17,19-20,22H2,1-2H3,(H,32,35)/t29-/m0/s1. The van der Waals surface area contributed by atoms with Crippen molar-refractivity contribution in [2.75, 3.05) is 0 Å².